The van der Waals surface area contributed by atoms with Crippen LogP contribution in [0.15, 0.2) is 24.3 Å². The molecule has 0 aromatic carbocycles. The number of unbranched alkanes of at least 4 members (excludes halogenated alkanes) is 47. The zero-order chi connectivity index (χ0) is 64.5. The van der Waals surface area contributed by atoms with Crippen LogP contribution in [-0.2, 0) is 23.7 Å². The van der Waals surface area contributed by atoms with Crippen molar-refractivity contribution >= 4 is 5.91 Å². The van der Waals surface area contributed by atoms with Crippen LogP contribution in [0.5, 0.6) is 0 Å². The van der Waals surface area contributed by atoms with Crippen LogP contribution in [0.3, 0.4) is 0 Å². The van der Waals surface area contributed by atoms with Crippen LogP contribution in [0.4, 0.5) is 0 Å². The van der Waals surface area contributed by atoms with Crippen molar-refractivity contribution in [2.24, 2.45) is 0 Å². The molecule has 12 unspecified atom stereocenters. The summed E-state index contributed by atoms with van der Waals surface area (Å²) in [7, 11) is 0. The topological polar surface area (TPSA) is 228 Å². The maximum absolute atomic E-state index is 13.4. The van der Waals surface area contributed by atoms with Gasteiger partial charge in [0.05, 0.1) is 32.0 Å². The van der Waals surface area contributed by atoms with Gasteiger partial charge in [-0.15, -0.1) is 0 Å². The molecule has 89 heavy (non-hydrogen) atoms. The number of hydrogen-bond acceptors (Lipinski definition) is 13. The highest BCUT2D eigenvalue weighted by Crippen LogP contribution is 2.30. The molecule has 14 heteroatoms. The number of amides is 1. The normalized spacial score (nSPS) is 23.1. The number of aliphatic hydroxyl groups excluding tert-OH is 8. The Hall–Kier alpha value is -1.53. The first kappa shape index (κ1) is 83.6. The van der Waals surface area contributed by atoms with E-state index in [1.165, 1.54) is 270 Å². The van der Waals surface area contributed by atoms with Crippen LogP contribution in [0.1, 0.15) is 354 Å². The number of ether oxygens (including phenoxy) is 4. The molecular formula is C75H143NO13. The van der Waals surface area contributed by atoms with Crippen molar-refractivity contribution in [3.8, 4) is 0 Å². The summed E-state index contributed by atoms with van der Waals surface area (Å²) in [6, 6.07) is -0.830. The summed E-state index contributed by atoms with van der Waals surface area (Å²) >= 11 is 0. The molecule has 2 aliphatic rings. The molecule has 1 amide bonds. The van der Waals surface area contributed by atoms with Gasteiger partial charge in [0, 0.05) is 6.42 Å². The monoisotopic (exact) mass is 1270 g/mol. The number of nitrogens with one attached hydrogen (secondary N) is 1. The van der Waals surface area contributed by atoms with E-state index in [2.05, 4.69) is 43.5 Å². The van der Waals surface area contributed by atoms with E-state index in [1.807, 2.05) is 0 Å². The molecule has 9 N–H and O–H groups in total. The minimum atomic E-state index is -1.78. The van der Waals surface area contributed by atoms with Gasteiger partial charge in [-0.05, 0) is 44.9 Å². The van der Waals surface area contributed by atoms with Gasteiger partial charge in [0.2, 0.25) is 5.91 Å². The minimum Gasteiger partial charge on any atom is -0.394 e. The lowest BCUT2D eigenvalue weighted by Gasteiger charge is -2.46. The number of carbonyl (C=O) groups is 1. The summed E-state index contributed by atoms with van der Waals surface area (Å²) in [5.74, 6) is -0.201. The Labute approximate surface area is 545 Å². The molecule has 2 rings (SSSR count). The van der Waals surface area contributed by atoms with Gasteiger partial charge < -0.3 is 65.1 Å². The molecular weight excluding hydrogens is 1120 g/mol. The molecule has 0 aromatic heterocycles. The molecule has 14 nitrogen and oxygen atoms in total. The zero-order valence-corrected chi connectivity index (χ0v) is 57.5. The molecule has 2 saturated heterocycles. The third-order valence-electron chi connectivity index (χ3n) is 18.9. The number of allylic oxidation sites excluding steroid dienone is 4. The van der Waals surface area contributed by atoms with E-state index in [0.29, 0.717) is 12.8 Å². The van der Waals surface area contributed by atoms with Crippen LogP contribution >= 0.6 is 0 Å². The maximum Gasteiger partial charge on any atom is 0.220 e. The van der Waals surface area contributed by atoms with Crippen molar-refractivity contribution in [3.05, 3.63) is 24.3 Å². The highest BCUT2D eigenvalue weighted by molar-refractivity contribution is 5.76. The smallest absolute Gasteiger partial charge is 0.220 e. The summed E-state index contributed by atoms with van der Waals surface area (Å²) in [4.78, 5) is 13.4. The van der Waals surface area contributed by atoms with E-state index < -0.39 is 86.8 Å². The molecule has 0 aromatic rings. The highest BCUT2D eigenvalue weighted by Gasteiger charge is 2.51. The van der Waals surface area contributed by atoms with Gasteiger partial charge in [-0.1, -0.05) is 327 Å². The lowest BCUT2D eigenvalue weighted by atomic mass is 9.97. The fourth-order valence-electron chi connectivity index (χ4n) is 12.9. The number of rotatable bonds is 64. The molecule has 526 valence electrons. The van der Waals surface area contributed by atoms with E-state index in [9.17, 15) is 45.6 Å². The maximum atomic E-state index is 13.4. The van der Waals surface area contributed by atoms with Crippen molar-refractivity contribution in [2.75, 3.05) is 19.8 Å². The second kappa shape index (κ2) is 60.2. The van der Waals surface area contributed by atoms with Gasteiger partial charge in [0.15, 0.2) is 12.6 Å². The van der Waals surface area contributed by atoms with Crippen molar-refractivity contribution in [1.29, 1.82) is 0 Å². The minimum absolute atomic E-state index is 0.201. The molecule has 2 heterocycles. The number of carbonyl (C=O) groups excluding carboxylic acids is 1. The van der Waals surface area contributed by atoms with Crippen molar-refractivity contribution in [2.45, 2.75) is 428 Å². The third-order valence-corrected chi connectivity index (χ3v) is 18.9. The summed E-state index contributed by atoms with van der Waals surface area (Å²) in [6.45, 7) is 2.91. The van der Waals surface area contributed by atoms with E-state index in [0.717, 1.165) is 57.8 Å². The molecule has 0 radical (unpaired) electrons. The Bertz CT molecular complexity index is 1590. The van der Waals surface area contributed by atoms with E-state index in [-0.39, 0.29) is 12.5 Å². The quantitative estimate of drug-likeness (QED) is 0.0204. The second-order valence-corrected chi connectivity index (χ2v) is 27.1. The lowest BCUT2D eigenvalue weighted by Crippen LogP contribution is -2.65. The molecule has 0 spiro atoms. The molecule has 2 aliphatic heterocycles. The molecule has 0 bridgehead atoms. The van der Waals surface area contributed by atoms with Crippen molar-refractivity contribution < 1.29 is 64.6 Å². The first-order valence-corrected chi connectivity index (χ1v) is 38.1. The Morgan fingerprint density at radius 2 is 0.742 bits per heavy atom. The molecule has 12 atom stereocenters. The average Bonchev–Trinajstić information content (AvgIpc) is 1.37. The molecule has 0 aliphatic carbocycles. The SMILES string of the molecule is CCCCCCC/C=C\C/C=C\CCCCCCCCCCCCCCCC(=O)NC(COC1OC(CO)C(OC2OC(CO)C(O)C(O)C2O)C(O)C1O)C(O)CCCCCCCCCCCCCCCCCCCCCCCCCCCCCCCC. The van der Waals surface area contributed by atoms with Crippen LogP contribution in [-0.4, -0.2) is 140 Å². The first-order chi connectivity index (χ1) is 43.6. The number of aliphatic hydroxyl groups is 8. The highest BCUT2D eigenvalue weighted by atomic mass is 16.7. The average molecular weight is 1270 g/mol. The second-order valence-electron chi connectivity index (χ2n) is 27.1. The first-order valence-electron chi connectivity index (χ1n) is 38.1. The molecule has 0 saturated carbocycles. The largest absolute Gasteiger partial charge is 0.394 e. The Kier molecular flexibility index (Phi) is 56.5. The van der Waals surface area contributed by atoms with Crippen LogP contribution in [0, 0.1) is 0 Å². The predicted octanol–water partition coefficient (Wildman–Crippen LogP) is 16.3. The fourth-order valence-corrected chi connectivity index (χ4v) is 12.9. The van der Waals surface area contributed by atoms with Crippen LogP contribution in [0.2, 0.25) is 0 Å². The predicted molar refractivity (Wildman–Crippen MR) is 365 cm³/mol. The van der Waals surface area contributed by atoms with Gasteiger partial charge in [-0.3, -0.25) is 4.79 Å². The fraction of sp³-hybridized carbons (Fsp3) is 0.933. The van der Waals surface area contributed by atoms with Crippen molar-refractivity contribution in [3.63, 3.8) is 0 Å². The van der Waals surface area contributed by atoms with Gasteiger partial charge in [-0.25, -0.2) is 0 Å². The van der Waals surface area contributed by atoms with Gasteiger partial charge >= 0.3 is 0 Å². The van der Waals surface area contributed by atoms with Crippen LogP contribution < -0.4 is 5.32 Å². The summed E-state index contributed by atoms with van der Waals surface area (Å²) in [6.07, 6.45) is 59.2. The number of hydrogen-bond donors (Lipinski definition) is 9. The van der Waals surface area contributed by atoms with Gasteiger partial charge in [-0.2, -0.15) is 0 Å². The standard InChI is InChI=1S/C75H143NO13/c1-3-5-7-9-11-13-15-17-19-21-23-25-27-29-30-31-32-33-35-36-38-40-42-44-46-48-50-52-54-56-58-64(79)63(62-86-74-72(85)70(83)73(66(61-78)88-74)89-75-71(84)69(82)68(81)65(60-77)87-75)76-67(80)59-57-55-53-51-49-47-45-43-41-39-37-34-28-26-24-22-20-18-16-14-12-10-8-6-4-2/h16,18,22,24,63-66,68-75,77-79,81-85H,3-15,17,19-21,23,25-62H2,1-2H3,(H,76,80)/b18-16-,24-22-. The third kappa shape index (κ3) is 44.0. The summed E-state index contributed by atoms with van der Waals surface area (Å²) in [5, 5.41) is 87.8. The Morgan fingerprint density at radius 3 is 1.12 bits per heavy atom. The lowest BCUT2D eigenvalue weighted by molar-refractivity contribution is -0.359. The Balaban J connectivity index is 1.63. The zero-order valence-electron chi connectivity index (χ0n) is 57.5. The van der Waals surface area contributed by atoms with E-state index >= 15 is 0 Å². The van der Waals surface area contributed by atoms with Crippen LogP contribution in [0.25, 0.3) is 0 Å². The van der Waals surface area contributed by atoms with E-state index in [1.54, 1.807) is 0 Å². The molecule has 2 fully saturated rings. The van der Waals surface area contributed by atoms with Gasteiger partial charge in [0.1, 0.15) is 48.8 Å². The summed E-state index contributed by atoms with van der Waals surface area (Å²) < 4.78 is 23.0. The van der Waals surface area contributed by atoms with Gasteiger partial charge in [0.25, 0.3) is 0 Å². The summed E-state index contributed by atoms with van der Waals surface area (Å²) in [5.41, 5.74) is 0. The van der Waals surface area contributed by atoms with E-state index in [4.69, 9.17) is 18.9 Å². The van der Waals surface area contributed by atoms with Crippen molar-refractivity contribution in [1.82, 2.24) is 5.32 Å². The Morgan fingerprint density at radius 1 is 0.404 bits per heavy atom.